The average molecular weight is 345 g/mol. The fraction of sp³-hybridized carbons (Fsp3) is 0.579. The van der Waals surface area contributed by atoms with Crippen LogP contribution in [0.25, 0.3) is 0 Å². The molecule has 0 saturated carbocycles. The molecule has 2 saturated heterocycles. The summed E-state index contributed by atoms with van der Waals surface area (Å²) in [6.07, 6.45) is 4.75. The number of hydrogen-bond acceptors (Lipinski definition) is 4. The number of benzene rings is 1. The molecule has 3 rings (SSSR count). The molecule has 2 fully saturated rings. The van der Waals surface area contributed by atoms with Crippen molar-refractivity contribution in [2.45, 2.75) is 32.1 Å². The van der Waals surface area contributed by atoms with Crippen molar-refractivity contribution in [2.24, 2.45) is 5.92 Å². The highest BCUT2D eigenvalue weighted by Gasteiger charge is 2.18. The second kappa shape index (κ2) is 8.85. The molecule has 6 heteroatoms. The van der Waals surface area contributed by atoms with Crippen molar-refractivity contribution >= 4 is 17.5 Å². The Balaban J connectivity index is 1.43. The Hall–Kier alpha value is -2.08. The van der Waals surface area contributed by atoms with Crippen molar-refractivity contribution < 1.29 is 14.3 Å². The van der Waals surface area contributed by atoms with Gasteiger partial charge in [-0.15, -0.1) is 0 Å². The molecule has 0 aromatic heterocycles. The van der Waals surface area contributed by atoms with E-state index in [0.717, 1.165) is 51.9 Å². The highest BCUT2D eigenvalue weighted by Crippen LogP contribution is 2.19. The zero-order chi connectivity index (χ0) is 17.5. The predicted octanol–water partition coefficient (Wildman–Crippen LogP) is 2.02. The molecule has 136 valence electrons. The van der Waals surface area contributed by atoms with Gasteiger partial charge in [0.2, 0.25) is 5.91 Å². The van der Waals surface area contributed by atoms with Crippen molar-refractivity contribution in [3.8, 4) is 5.75 Å². The van der Waals surface area contributed by atoms with Gasteiger partial charge in [-0.3, -0.25) is 9.59 Å². The van der Waals surface area contributed by atoms with Gasteiger partial charge < -0.3 is 20.3 Å². The van der Waals surface area contributed by atoms with E-state index in [1.165, 1.54) is 0 Å². The van der Waals surface area contributed by atoms with Crippen LogP contribution in [0.3, 0.4) is 0 Å². The van der Waals surface area contributed by atoms with Crippen molar-refractivity contribution in [1.82, 2.24) is 10.2 Å². The van der Waals surface area contributed by atoms with Crippen molar-refractivity contribution in [3.63, 3.8) is 0 Å². The summed E-state index contributed by atoms with van der Waals surface area (Å²) in [5.41, 5.74) is 0.709. The van der Waals surface area contributed by atoms with E-state index in [1.54, 1.807) is 12.1 Å². The summed E-state index contributed by atoms with van der Waals surface area (Å²) in [6.45, 7) is 3.78. The van der Waals surface area contributed by atoms with Crippen LogP contribution in [-0.2, 0) is 9.59 Å². The maximum Gasteiger partial charge on any atom is 0.260 e. The first-order valence-corrected chi connectivity index (χ1v) is 9.22. The molecule has 0 radical (unpaired) electrons. The van der Waals surface area contributed by atoms with Crippen LogP contribution in [0.15, 0.2) is 24.3 Å². The third-order valence-corrected chi connectivity index (χ3v) is 4.88. The Morgan fingerprint density at radius 1 is 1.28 bits per heavy atom. The maximum atomic E-state index is 12.1. The van der Waals surface area contributed by atoms with Crippen LogP contribution < -0.4 is 15.4 Å². The lowest BCUT2D eigenvalue weighted by atomic mass is 10.0. The summed E-state index contributed by atoms with van der Waals surface area (Å²) in [5.74, 6) is 1.26. The van der Waals surface area contributed by atoms with Gasteiger partial charge in [0, 0.05) is 31.3 Å². The van der Waals surface area contributed by atoms with Gasteiger partial charge in [0.1, 0.15) is 5.75 Å². The third-order valence-electron chi connectivity index (χ3n) is 4.88. The number of rotatable bonds is 7. The lowest BCUT2D eigenvalue weighted by molar-refractivity contribution is -0.132. The minimum absolute atomic E-state index is 0.0251. The van der Waals surface area contributed by atoms with Crippen molar-refractivity contribution in [2.75, 3.05) is 38.1 Å². The molecule has 1 aromatic rings. The van der Waals surface area contributed by atoms with Gasteiger partial charge in [0.25, 0.3) is 5.91 Å². The molecular formula is C19H27N3O3. The molecule has 1 unspecified atom stereocenters. The fourth-order valence-electron chi connectivity index (χ4n) is 3.39. The number of nitrogens with one attached hydrogen (secondary N) is 2. The molecule has 2 aliphatic rings. The molecule has 1 aromatic carbocycles. The number of ether oxygens (including phenoxy) is 1. The molecule has 0 aliphatic carbocycles. The largest absolute Gasteiger partial charge is 0.484 e. The van der Waals surface area contributed by atoms with E-state index in [-0.39, 0.29) is 18.4 Å². The molecule has 6 nitrogen and oxygen atoms in total. The Morgan fingerprint density at radius 3 is 2.88 bits per heavy atom. The smallest absolute Gasteiger partial charge is 0.260 e. The second-order valence-corrected chi connectivity index (χ2v) is 6.85. The molecule has 1 atom stereocenters. The highest BCUT2D eigenvalue weighted by atomic mass is 16.5. The predicted molar refractivity (Wildman–Crippen MR) is 96.6 cm³/mol. The standard InChI is InChI=1S/C19H27N3O3/c23-18(7-6-15-8-9-20-13-15)21-16-4-3-5-17(12-16)25-14-19(24)22-10-1-2-11-22/h3-5,12,15,20H,1-2,6-11,13-14H2,(H,21,23). The topological polar surface area (TPSA) is 70.7 Å². The molecule has 0 bridgehead atoms. The third kappa shape index (κ3) is 5.46. The van der Waals surface area contributed by atoms with Crippen molar-refractivity contribution in [1.29, 1.82) is 0 Å². The Kier molecular flexibility index (Phi) is 6.28. The summed E-state index contributed by atoms with van der Waals surface area (Å²) >= 11 is 0. The summed E-state index contributed by atoms with van der Waals surface area (Å²) < 4.78 is 5.59. The van der Waals surface area contributed by atoms with Crippen molar-refractivity contribution in [3.05, 3.63) is 24.3 Å². The number of nitrogens with zero attached hydrogens (tertiary/aromatic N) is 1. The Labute approximate surface area is 148 Å². The fourth-order valence-corrected chi connectivity index (χ4v) is 3.39. The number of carbonyl (C=O) groups excluding carboxylic acids is 2. The van der Waals surface area contributed by atoms with Crippen LogP contribution in [0.1, 0.15) is 32.1 Å². The molecule has 2 heterocycles. The first-order valence-electron chi connectivity index (χ1n) is 9.22. The minimum atomic E-state index is 0.0251. The zero-order valence-corrected chi connectivity index (χ0v) is 14.6. The summed E-state index contributed by atoms with van der Waals surface area (Å²) in [4.78, 5) is 25.9. The summed E-state index contributed by atoms with van der Waals surface area (Å²) in [7, 11) is 0. The number of carbonyl (C=O) groups is 2. The van der Waals surface area contributed by atoms with E-state index in [0.29, 0.717) is 23.8 Å². The average Bonchev–Trinajstić information content (AvgIpc) is 3.31. The van der Waals surface area contributed by atoms with E-state index < -0.39 is 0 Å². The summed E-state index contributed by atoms with van der Waals surface area (Å²) in [5, 5.41) is 6.23. The number of likely N-dealkylation sites (tertiary alicyclic amines) is 1. The molecule has 25 heavy (non-hydrogen) atoms. The zero-order valence-electron chi connectivity index (χ0n) is 14.6. The van der Waals surface area contributed by atoms with Gasteiger partial charge in [-0.1, -0.05) is 6.07 Å². The van der Waals surface area contributed by atoms with E-state index in [9.17, 15) is 9.59 Å². The van der Waals surface area contributed by atoms with Crippen LogP contribution >= 0.6 is 0 Å². The molecule has 2 aliphatic heterocycles. The van der Waals surface area contributed by atoms with E-state index in [1.807, 2.05) is 17.0 Å². The lowest BCUT2D eigenvalue weighted by Gasteiger charge is -2.16. The SMILES string of the molecule is O=C(CCC1CCNC1)Nc1cccc(OCC(=O)N2CCCC2)c1. The monoisotopic (exact) mass is 345 g/mol. The van der Waals surface area contributed by atoms with E-state index in [4.69, 9.17) is 4.74 Å². The first kappa shape index (κ1) is 17.7. The van der Waals surface area contributed by atoms with E-state index >= 15 is 0 Å². The van der Waals surface area contributed by atoms with Gasteiger partial charge in [0.15, 0.2) is 6.61 Å². The molecule has 2 N–H and O–H groups in total. The lowest BCUT2D eigenvalue weighted by Crippen LogP contribution is -2.32. The van der Waals surface area contributed by atoms with Crippen LogP contribution in [0.4, 0.5) is 5.69 Å². The van der Waals surface area contributed by atoms with Gasteiger partial charge in [-0.2, -0.15) is 0 Å². The van der Waals surface area contributed by atoms with Gasteiger partial charge in [-0.25, -0.2) is 0 Å². The molecular weight excluding hydrogens is 318 g/mol. The van der Waals surface area contributed by atoms with Gasteiger partial charge in [0.05, 0.1) is 0 Å². The van der Waals surface area contributed by atoms with Crippen LogP contribution in [-0.4, -0.2) is 49.5 Å². The minimum Gasteiger partial charge on any atom is -0.484 e. The number of anilines is 1. The summed E-state index contributed by atoms with van der Waals surface area (Å²) in [6, 6.07) is 7.24. The van der Waals surface area contributed by atoms with Crippen LogP contribution in [0.2, 0.25) is 0 Å². The van der Waals surface area contributed by atoms with Gasteiger partial charge >= 0.3 is 0 Å². The van der Waals surface area contributed by atoms with E-state index in [2.05, 4.69) is 10.6 Å². The Bertz CT molecular complexity index is 593. The van der Waals surface area contributed by atoms with Crippen LogP contribution in [0.5, 0.6) is 5.75 Å². The number of amides is 2. The molecule has 0 spiro atoms. The van der Waals surface area contributed by atoms with Gasteiger partial charge in [-0.05, 0) is 56.8 Å². The maximum absolute atomic E-state index is 12.1. The first-order chi connectivity index (χ1) is 12.2. The normalized spacial score (nSPS) is 19.8. The highest BCUT2D eigenvalue weighted by molar-refractivity contribution is 5.90. The number of hydrogen-bond donors (Lipinski definition) is 2. The quantitative estimate of drug-likeness (QED) is 0.793. The second-order valence-electron chi connectivity index (χ2n) is 6.85. The molecule has 2 amide bonds. The van der Waals surface area contributed by atoms with Crippen LogP contribution in [0, 0.1) is 5.92 Å². The Morgan fingerprint density at radius 2 is 2.12 bits per heavy atom.